The van der Waals surface area contributed by atoms with Crippen molar-refractivity contribution in [1.29, 1.82) is 0 Å². The van der Waals surface area contributed by atoms with Crippen LogP contribution in [-0.2, 0) is 9.59 Å². The Kier molecular flexibility index (Phi) is 7.34. The molecule has 8 heteroatoms. The minimum atomic E-state index is -0.367. The van der Waals surface area contributed by atoms with Crippen molar-refractivity contribution in [2.75, 3.05) is 18.5 Å². The molecular formula is C17H22N4O3S. The summed E-state index contributed by atoms with van der Waals surface area (Å²) in [5, 5.41) is 14.6. The van der Waals surface area contributed by atoms with Crippen molar-refractivity contribution in [3.8, 4) is 5.75 Å². The lowest BCUT2D eigenvalue weighted by atomic mass is 10.1. The Labute approximate surface area is 150 Å². The standard InChI is InChI=1S/C17H22N4O3S/c1-3-12(4-2)16-20-21-17(25-16)19-14(22)10-18-15(23)11-24-13-8-6-5-7-9-13/h5-9,12H,3-4,10-11H2,1-2H3,(H,18,23)(H,19,21,22). The highest BCUT2D eigenvalue weighted by atomic mass is 32.1. The third kappa shape index (κ3) is 6.15. The zero-order valence-corrected chi connectivity index (χ0v) is 15.1. The van der Waals surface area contributed by atoms with Crippen LogP contribution >= 0.6 is 11.3 Å². The van der Waals surface area contributed by atoms with Crippen molar-refractivity contribution >= 4 is 28.3 Å². The molecule has 1 aromatic heterocycles. The fraction of sp³-hybridized carbons (Fsp3) is 0.412. The number of aromatic nitrogens is 2. The third-order valence-corrected chi connectivity index (χ3v) is 4.58. The second-order valence-electron chi connectivity index (χ2n) is 5.39. The summed E-state index contributed by atoms with van der Waals surface area (Å²) in [6, 6.07) is 9.01. The van der Waals surface area contributed by atoms with E-state index in [0.29, 0.717) is 16.8 Å². The first-order valence-corrected chi connectivity index (χ1v) is 9.01. The maximum atomic E-state index is 11.9. The van der Waals surface area contributed by atoms with Crippen LogP contribution in [0.5, 0.6) is 5.75 Å². The van der Waals surface area contributed by atoms with Gasteiger partial charge in [0.1, 0.15) is 10.8 Å². The molecule has 0 aliphatic carbocycles. The van der Waals surface area contributed by atoms with Gasteiger partial charge >= 0.3 is 0 Å². The van der Waals surface area contributed by atoms with E-state index in [4.69, 9.17) is 4.74 Å². The smallest absolute Gasteiger partial charge is 0.258 e. The van der Waals surface area contributed by atoms with Gasteiger partial charge in [-0.25, -0.2) is 0 Å². The summed E-state index contributed by atoms with van der Waals surface area (Å²) in [6.45, 7) is 3.91. The number of nitrogens with one attached hydrogen (secondary N) is 2. The van der Waals surface area contributed by atoms with Crippen LogP contribution in [0.15, 0.2) is 30.3 Å². The number of ether oxygens (including phenoxy) is 1. The minimum Gasteiger partial charge on any atom is -0.484 e. The summed E-state index contributed by atoms with van der Waals surface area (Å²) < 4.78 is 5.31. The minimum absolute atomic E-state index is 0.142. The fourth-order valence-corrected chi connectivity index (χ4v) is 3.17. The van der Waals surface area contributed by atoms with Gasteiger partial charge in [-0.2, -0.15) is 0 Å². The number of rotatable bonds is 9. The fourth-order valence-electron chi connectivity index (χ4n) is 2.15. The van der Waals surface area contributed by atoms with E-state index in [2.05, 4.69) is 34.7 Å². The van der Waals surface area contributed by atoms with Crippen LogP contribution in [0.25, 0.3) is 0 Å². The Bertz CT molecular complexity index is 686. The summed E-state index contributed by atoms with van der Waals surface area (Å²) in [4.78, 5) is 23.6. The van der Waals surface area contributed by atoms with E-state index in [1.807, 2.05) is 18.2 Å². The largest absolute Gasteiger partial charge is 0.484 e. The highest BCUT2D eigenvalue weighted by Crippen LogP contribution is 2.27. The first-order valence-electron chi connectivity index (χ1n) is 8.20. The molecule has 2 N–H and O–H groups in total. The average molecular weight is 362 g/mol. The normalized spacial score (nSPS) is 10.5. The first kappa shape index (κ1) is 18.9. The molecule has 1 heterocycles. The van der Waals surface area contributed by atoms with E-state index in [-0.39, 0.29) is 25.0 Å². The Balaban J connectivity index is 1.72. The Morgan fingerprint density at radius 3 is 2.52 bits per heavy atom. The summed E-state index contributed by atoms with van der Waals surface area (Å²) in [5.41, 5.74) is 0. The Hall–Kier alpha value is -2.48. The van der Waals surface area contributed by atoms with Gasteiger partial charge in [0.05, 0.1) is 6.54 Å². The van der Waals surface area contributed by atoms with E-state index in [9.17, 15) is 9.59 Å². The quantitative estimate of drug-likeness (QED) is 0.715. The van der Waals surface area contributed by atoms with Gasteiger partial charge in [0, 0.05) is 5.92 Å². The van der Waals surface area contributed by atoms with E-state index in [1.165, 1.54) is 11.3 Å². The molecule has 134 valence electrons. The summed E-state index contributed by atoms with van der Waals surface area (Å²) in [5.74, 6) is 0.247. The molecule has 0 spiro atoms. The average Bonchev–Trinajstić information content (AvgIpc) is 3.08. The molecule has 25 heavy (non-hydrogen) atoms. The molecule has 0 fully saturated rings. The molecule has 2 amide bonds. The third-order valence-electron chi connectivity index (χ3n) is 3.58. The van der Waals surface area contributed by atoms with Crippen LogP contribution in [0, 0.1) is 0 Å². The van der Waals surface area contributed by atoms with Gasteiger partial charge in [-0.05, 0) is 25.0 Å². The van der Waals surface area contributed by atoms with Gasteiger partial charge < -0.3 is 10.1 Å². The van der Waals surface area contributed by atoms with E-state index in [1.54, 1.807) is 12.1 Å². The van der Waals surface area contributed by atoms with Crippen LogP contribution in [-0.4, -0.2) is 35.2 Å². The summed E-state index contributed by atoms with van der Waals surface area (Å²) in [7, 11) is 0. The van der Waals surface area contributed by atoms with Crippen molar-refractivity contribution in [3.05, 3.63) is 35.3 Å². The second-order valence-corrected chi connectivity index (χ2v) is 6.39. The molecule has 0 bridgehead atoms. The van der Waals surface area contributed by atoms with Gasteiger partial charge in [-0.3, -0.25) is 14.9 Å². The molecule has 2 rings (SSSR count). The predicted octanol–water partition coefficient (Wildman–Crippen LogP) is 2.58. The lowest BCUT2D eigenvalue weighted by Gasteiger charge is -2.07. The van der Waals surface area contributed by atoms with Crippen LogP contribution < -0.4 is 15.4 Å². The number of carbonyl (C=O) groups is 2. The van der Waals surface area contributed by atoms with Crippen LogP contribution in [0.2, 0.25) is 0 Å². The molecule has 0 radical (unpaired) electrons. The number of para-hydroxylation sites is 1. The lowest BCUT2D eigenvalue weighted by Crippen LogP contribution is -2.35. The molecule has 1 aromatic carbocycles. The SMILES string of the molecule is CCC(CC)c1nnc(NC(=O)CNC(=O)COc2ccccc2)s1. The number of carbonyl (C=O) groups excluding carboxylic acids is 2. The van der Waals surface area contributed by atoms with Crippen molar-refractivity contribution in [2.24, 2.45) is 0 Å². The van der Waals surface area contributed by atoms with Crippen molar-refractivity contribution < 1.29 is 14.3 Å². The number of amides is 2. The molecule has 0 aliphatic rings. The van der Waals surface area contributed by atoms with Crippen LogP contribution in [0.3, 0.4) is 0 Å². The number of hydrogen-bond acceptors (Lipinski definition) is 6. The van der Waals surface area contributed by atoms with Crippen LogP contribution in [0.4, 0.5) is 5.13 Å². The first-order chi connectivity index (χ1) is 12.1. The molecule has 7 nitrogen and oxygen atoms in total. The zero-order valence-electron chi connectivity index (χ0n) is 14.3. The summed E-state index contributed by atoms with van der Waals surface area (Å²) >= 11 is 1.37. The summed E-state index contributed by atoms with van der Waals surface area (Å²) in [6.07, 6.45) is 1.97. The number of anilines is 1. The zero-order chi connectivity index (χ0) is 18.1. The van der Waals surface area contributed by atoms with E-state index >= 15 is 0 Å². The topological polar surface area (TPSA) is 93.2 Å². The van der Waals surface area contributed by atoms with E-state index < -0.39 is 0 Å². The molecule has 0 aliphatic heterocycles. The second kappa shape index (κ2) is 9.73. The van der Waals surface area contributed by atoms with Crippen molar-refractivity contribution in [2.45, 2.75) is 32.6 Å². The number of nitrogens with zero attached hydrogens (tertiary/aromatic N) is 2. The highest BCUT2D eigenvalue weighted by Gasteiger charge is 2.15. The van der Waals surface area contributed by atoms with Crippen LogP contribution in [0.1, 0.15) is 37.6 Å². The van der Waals surface area contributed by atoms with E-state index in [0.717, 1.165) is 17.8 Å². The van der Waals surface area contributed by atoms with Gasteiger partial charge in [-0.1, -0.05) is 43.4 Å². The molecule has 0 saturated carbocycles. The van der Waals surface area contributed by atoms with Gasteiger partial charge in [0.2, 0.25) is 11.0 Å². The van der Waals surface area contributed by atoms with Gasteiger partial charge in [0.25, 0.3) is 5.91 Å². The Morgan fingerprint density at radius 2 is 1.84 bits per heavy atom. The van der Waals surface area contributed by atoms with Gasteiger partial charge in [-0.15, -0.1) is 10.2 Å². The number of benzene rings is 1. The molecular weight excluding hydrogens is 340 g/mol. The van der Waals surface area contributed by atoms with Crippen molar-refractivity contribution in [3.63, 3.8) is 0 Å². The lowest BCUT2D eigenvalue weighted by molar-refractivity contribution is -0.125. The number of hydrogen-bond donors (Lipinski definition) is 2. The highest BCUT2D eigenvalue weighted by molar-refractivity contribution is 7.15. The Morgan fingerprint density at radius 1 is 1.12 bits per heavy atom. The maximum Gasteiger partial charge on any atom is 0.258 e. The monoisotopic (exact) mass is 362 g/mol. The van der Waals surface area contributed by atoms with Crippen molar-refractivity contribution in [1.82, 2.24) is 15.5 Å². The molecule has 2 aromatic rings. The molecule has 0 atom stereocenters. The predicted molar refractivity (Wildman–Crippen MR) is 96.8 cm³/mol. The van der Waals surface area contributed by atoms with Gasteiger partial charge in [0.15, 0.2) is 6.61 Å². The maximum absolute atomic E-state index is 11.9. The molecule has 0 saturated heterocycles. The molecule has 0 unspecified atom stereocenters.